The average molecular weight is 549 g/mol. The zero-order chi connectivity index (χ0) is 26.9. The summed E-state index contributed by atoms with van der Waals surface area (Å²) in [4.78, 5) is 51.5. The molecule has 10 nitrogen and oxygen atoms in total. The molecule has 0 radical (unpaired) electrons. The topological polar surface area (TPSA) is 136 Å². The molecule has 1 fully saturated rings. The van der Waals surface area contributed by atoms with Crippen LogP contribution in [0, 0.1) is 0 Å². The van der Waals surface area contributed by atoms with E-state index in [9.17, 15) is 19.2 Å². The fraction of sp³-hybridized carbons (Fsp3) is 0.280. The molecule has 1 saturated heterocycles. The Labute approximate surface area is 222 Å². The quantitative estimate of drug-likeness (QED) is 0.383. The molecule has 2 heterocycles. The molecule has 0 unspecified atom stereocenters. The molecular weight excluding hydrogens is 523 g/mol. The molecular formula is C25H26Cl2N4O6. The van der Waals surface area contributed by atoms with Crippen LogP contribution in [-0.2, 0) is 16.1 Å². The molecule has 2 aromatic carbocycles. The number of piperazine rings is 1. The first-order valence-corrected chi connectivity index (χ1v) is 12.2. The number of hydrogen-bond acceptors (Lipinski definition) is 6. The molecule has 12 heteroatoms. The first-order chi connectivity index (χ1) is 17.6. The number of fused-ring (bicyclic) bond motifs is 1. The molecule has 3 N–H and O–H groups in total. The lowest BCUT2D eigenvalue weighted by Crippen LogP contribution is -2.47. The van der Waals surface area contributed by atoms with Gasteiger partial charge in [-0.05, 0) is 49.4 Å². The molecule has 0 atom stereocenters. The van der Waals surface area contributed by atoms with Gasteiger partial charge in [-0.1, -0.05) is 29.3 Å². The van der Waals surface area contributed by atoms with Crippen LogP contribution in [0.3, 0.4) is 0 Å². The van der Waals surface area contributed by atoms with Crippen LogP contribution < -0.4 is 16.1 Å². The van der Waals surface area contributed by atoms with Crippen molar-refractivity contribution in [2.75, 3.05) is 37.6 Å². The lowest BCUT2D eigenvalue weighted by atomic mass is 10.2. The van der Waals surface area contributed by atoms with Crippen molar-refractivity contribution in [2.45, 2.75) is 13.0 Å². The molecule has 0 bridgehead atoms. The number of hydrogen-bond donors (Lipinski definition) is 3. The van der Waals surface area contributed by atoms with Gasteiger partial charge in [0.1, 0.15) is 0 Å². The predicted octanol–water partition coefficient (Wildman–Crippen LogP) is 2.92. The van der Waals surface area contributed by atoms with Crippen molar-refractivity contribution in [1.29, 1.82) is 0 Å². The van der Waals surface area contributed by atoms with Gasteiger partial charge in [-0.15, -0.1) is 0 Å². The minimum atomic E-state index is -1.26. The van der Waals surface area contributed by atoms with Crippen molar-refractivity contribution >= 4 is 51.7 Å². The number of carbonyl (C=O) groups is 2. The minimum Gasteiger partial charge on any atom is -0.478 e. The van der Waals surface area contributed by atoms with E-state index in [1.54, 1.807) is 18.2 Å². The van der Waals surface area contributed by atoms with E-state index in [0.717, 1.165) is 49.9 Å². The number of anilines is 1. The smallest absolute Gasteiger partial charge is 0.328 e. The molecule has 0 amide bonds. The molecule has 37 heavy (non-hydrogen) atoms. The van der Waals surface area contributed by atoms with Crippen LogP contribution in [0.25, 0.3) is 10.9 Å². The Morgan fingerprint density at radius 2 is 1.54 bits per heavy atom. The van der Waals surface area contributed by atoms with Crippen molar-refractivity contribution < 1.29 is 19.8 Å². The van der Waals surface area contributed by atoms with Gasteiger partial charge < -0.3 is 20.1 Å². The summed E-state index contributed by atoms with van der Waals surface area (Å²) in [6.45, 7) is 4.94. The van der Waals surface area contributed by atoms with Crippen molar-refractivity contribution in [2.24, 2.45) is 0 Å². The molecule has 0 spiro atoms. The lowest BCUT2D eigenvalue weighted by molar-refractivity contribution is -0.134. The van der Waals surface area contributed by atoms with E-state index in [1.807, 2.05) is 18.2 Å². The number of aromatic amines is 1. The molecule has 4 rings (SSSR count). The number of rotatable bonds is 7. The third-order valence-corrected chi connectivity index (χ3v) is 6.18. The second kappa shape index (κ2) is 13.1. The predicted molar refractivity (Wildman–Crippen MR) is 143 cm³/mol. The van der Waals surface area contributed by atoms with Crippen molar-refractivity contribution in [1.82, 2.24) is 14.5 Å². The Kier molecular flexibility index (Phi) is 9.90. The van der Waals surface area contributed by atoms with Crippen LogP contribution in [-0.4, -0.2) is 69.3 Å². The number of carboxylic acid groups (broad SMARTS) is 2. The van der Waals surface area contributed by atoms with E-state index >= 15 is 0 Å². The lowest BCUT2D eigenvalue weighted by Gasteiger charge is -2.36. The fourth-order valence-electron chi connectivity index (χ4n) is 3.92. The summed E-state index contributed by atoms with van der Waals surface area (Å²) in [6.07, 6.45) is 1.84. The second-order valence-corrected chi connectivity index (χ2v) is 9.12. The number of carboxylic acids is 2. The number of benzene rings is 2. The standard InChI is InChI=1S/C21H22Cl2N4O2.C4H4O4/c22-15-3-1-4-17(13-15)26-11-9-25(10-12-26)7-2-8-27-20(28)18-14-16(23)5-6-19(18)24-21(27)29;5-3(6)1-2-4(7)8/h1,3-6,13-14H,2,7-12H2,(H,24,29);1-2H,(H,5,6)(H,7,8). The van der Waals surface area contributed by atoms with Gasteiger partial charge >= 0.3 is 17.6 Å². The molecule has 1 aliphatic heterocycles. The van der Waals surface area contributed by atoms with E-state index in [2.05, 4.69) is 20.9 Å². The van der Waals surface area contributed by atoms with Crippen molar-refractivity contribution in [3.05, 3.63) is 85.5 Å². The summed E-state index contributed by atoms with van der Waals surface area (Å²) in [6, 6.07) is 12.8. The minimum absolute atomic E-state index is 0.294. The normalized spacial score (nSPS) is 13.9. The number of nitrogens with one attached hydrogen (secondary N) is 1. The average Bonchev–Trinajstić information content (AvgIpc) is 2.86. The van der Waals surface area contributed by atoms with Gasteiger partial charge in [-0.2, -0.15) is 0 Å². The van der Waals surface area contributed by atoms with Gasteiger partial charge in [-0.3, -0.25) is 14.3 Å². The van der Waals surface area contributed by atoms with Gasteiger partial charge in [-0.25, -0.2) is 14.4 Å². The summed E-state index contributed by atoms with van der Waals surface area (Å²) in [5.41, 5.74) is 0.982. The largest absolute Gasteiger partial charge is 0.478 e. The van der Waals surface area contributed by atoms with Gasteiger partial charge in [0.15, 0.2) is 0 Å². The summed E-state index contributed by atoms with van der Waals surface area (Å²) in [5, 5.41) is 17.3. The Morgan fingerprint density at radius 1 is 0.892 bits per heavy atom. The Hall–Kier alpha value is -3.60. The van der Waals surface area contributed by atoms with Crippen molar-refractivity contribution in [3.8, 4) is 0 Å². The number of aromatic nitrogens is 2. The summed E-state index contributed by atoms with van der Waals surface area (Å²) < 4.78 is 1.26. The number of H-pyrrole nitrogens is 1. The fourth-order valence-corrected chi connectivity index (χ4v) is 4.28. The van der Waals surface area contributed by atoms with Gasteiger partial charge in [0, 0.05) is 60.6 Å². The zero-order valence-electron chi connectivity index (χ0n) is 19.8. The highest BCUT2D eigenvalue weighted by molar-refractivity contribution is 6.31. The maximum absolute atomic E-state index is 12.7. The highest BCUT2D eigenvalue weighted by Gasteiger charge is 2.17. The van der Waals surface area contributed by atoms with Gasteiger partial charge in [0.25, 0.3) is 5.56 Å². The first kappa shape index (κ1) is 28.0. The summed E-state index contributed by atoms with van der Waals surface area (Å²) in [7, 11) is 0. The van der Waals surface area contributed by atoms with Crippen LogP contribution in [0.15, 0.2) is 64.2 Å². The second-order valence-electron chi connectivity index (χ2n) is 8.25. The van der Waals surface area contributed by atoms with Gasteiger partial charge in [0.2, 0.25) is 0 Å². The van der Waals surface area contributed by atoms with Crippen LogP contribution >= 0.6 is 23.2 Å². The Morgan fingerprint density at radius 3 is 2.16 bits per heavy atom. The summed E-state index contributed by atoms with van der Waals surface area (Å²) >= 11 is 12.1. The molecule has 0 saturated carbocycles. The van der Waals surface area contributed by atoms with E-state index in [-0.39, 0.29) is 11.2 Å². The highest BCUT2D eigenvalue weighted by atomic mass is 35.5. The first-order valence-electron chi connectivity index (χ1n) is 11.4. The van der Waals surface area contributed by atoms with Crippen LogP contribution in [0.2, 0.25) is 10.0 Å². The molecule has 1 aromatic heterocycles. The Balaban J connectivity index is 0.000000414. The van der Waals surface area contributed by atoms with Crippen LogP contribution in [0.4, 0.5) is 5.69 Å². The van der Waals surface area contributed by atoms with Crippen molar-refractivity contribution in [3.63, 3.8) is 0 Å². The third-order valence-electron chi connectivity index (χ3n) is 5.71. The molecule has 0 aliphatic carbocycles. The molecule has 3 aromatic rings. The monoisotopic (exact) mass is 548 g/mol. The van der Waals surface area contributed by atoms with Crippen LogP contribution in [0.5, 0.6) is 0 Å². The number of halogens is 2. The summed E-state index contributed by atoms with van der Waals surface area (Å²) in [5.74, 6) is -2.51. The maximum atomic E-state index is 12.7. The SMILES string of the molecule is O=C(O)C=CC(=O)O.O=c1[nH]c2ccc(Cl)cc2c(=O)n1CCCN1CCN(c2cccc(Cl)c2)CC1. The third kappa shape index (κ3) is 8.21. The highest BCUT2D eigenvalue weighted by Crippen LogP contribution is 2.20. The van der Waals surface area contributed by atoms with E-state index < -0.39 is 11.9 Å². The maximum Gasteiger partial charge on any atom is 0.328 e. The molecule has 196 valence electrons. The Bertz CT molecular complexity index is 1390. The van der Waals surface area contributed by atoms with E-state index in [4.69, 9.17) is 33.4 Å². The van der Waals surface area contributed by atoms with Crippen LogP contribution in [0.1, 0.15) is 6.42 Å². The van der Waals surface area contributed by atoms with E-state index in [0.29, 0.717) is 34.6 Å². The van der Waals surface area contributed by atoms with E-state index in [1.165, 1.54) is 4.57 Å². The number of nitrogens with zero attached hydrogens (tertiary/aromatic N) is 3. The molecule has 1 aliphatic rings. The zero-order valence-corrected chi connectivity index (χ0v) is 21.3. The number of aliphatic carboxylic acids is 2. The van der Waals surface area contributed by atoms with Gasteiger partial charge in [0.05, 0.1) is 10.9 Å².